The number of rotatable bonds is 51. The summed E-state index contributed by atoms with van der Waals surface area (Å²) in [7, 11) is 0. The average molecular weight is 1010 g/mol. The zero-order valence-corrected chi connectivity index (χ0v) is 46.8. The molecule has 0 amide bonds. The van der Waals surface area contributed by atoms with E-state index in [4.69, 9.17) is 14.2 Å². The first kappa shape index (κ1) is 68.3. The molecule has 0 rings (SSSR count). The molecule has 0 spiro atoms. The second-order valence-corrected chi connectivity index (χ2v) is 18.8. The number of allylic oxidation sites excluding steroid dienone is 24. The maximum Gasteiger partial charge on any atom is 0.306 e. The van der Waals surface area contributed by atoms with Gasteiger partial charge in [-0.25, -0.2) is 0 Å². The average Bonchev–Trinajstić information content (AvgIpc) is 3.39. The monoisotopic (exact) mass is 1010 g/mol. The van der Waals surface area contributed by atoms with Gasteiger partial charge in [0.05, 0.1) is 0 Å². The highest BCUT2D eigenvalue weighted by molar-refractivity contribution is 5.71. The van der Waals surface area contributed by atoms with Crippen molar-refractivity contribution in [1.29, 1.82) is 0 Å². The minimum absolute atomic E-state index is 0.108. The van der Waals surface area contributed by atoms with Crippen LogP contribution in [0.4, 0.5) is 0 Å². The van der Waals surface area contributed by atoms with Crippen LogP contribution in [0, 0.1) is 0 Å². The molecule has 0 bridgehead atoms. The molecule has 0 aliphatic carbocycles. The quantitative estimate of drug-likeness (QED) is 0.0261. The predicted octanol–water partition coefficient (Wildman–Crippen LogP) is 20.0. The highest BCUT2D eigenvalue weighted by Gasteiger charge is 2.19. The van der Waals surface area contributed by atoms with Crippen molar-refractivity contribution < 1.29 is 28.6 Å². The van der Waals surface area contributed by atoms with Crippen molar-refractivity contribution in [3.8, 4) is 0 Å². The molecular weight excluding hydrogens is 901 g/mol. The van der Waals surface area contributed by atoms with Gasteiger partial charge in [-0.2, -0.15) is 0 Å². The van der Waals surface area contributed by atoms with Gasteiger partial charge in [0, 0.05) is 19.3 Å². The van der Waals surface area contributed by atoms with Gasteiger partial charge in [-0.15, -0.1) is 0 Å². The Morgan fingerprint density at radius 3 is 0.890 bits per heavy atom. The fraction of sp³-hybridized carbons (Fsp3) is 0.597. The van der Waals surface area contributed by atoms with E-state index < -0.39 is 6.10 Å². The second-order valence-electron chi connectivity index (χ2n) is 18.8. The van der Waals surface area contributed by atoms with Crippen molar-refractivity contribution in [2.24, 2.45) is 0 Å². The van der Waals surface area contributed by atoms with Crippen LogP contribution in [-0.4, -0.2) is 37.2 Å². The third-order valence-corrected chi connectivity index (χ3v) is 11.8. The van der Waals surface area contributed by atoms with Gasteiger partial charge in [-0.3, -0.25) is 14.4 Å². The summed E-state index contributed by atoms with van der Waals surface area (Å²) in [6, 6.07) is 0. The van der Waals surface area contributed by atoms with E-state index in [1.165, 1.54) is 51.4 Å². The number of hydrogen-bond acceptors (Lipinski definition) is 6. The summed E-state index contributed by atoms with van der Waals surface area (Å²) < 4.78 is 16.8. The first-order chi connectivity index (χ1) is 36.0. The summed E-state index contributed by atoms with van der Waals surface area (Å²) in [4.78, 5) is 38.1. The first-order valence-electron chi connectivity index (χ1n) is 29.3. The molecule has 0 heterocycles. The summed E-state index contributed by atoms with van der Waals surface area (Å²) in [5, 5.41) is 0. The molecule has 0 aromatic carbocycles. The van der Waals surface area contributed by atoms with Crippen molar-refractivity contribution >= 4 is 17.9 Å². The number of carbonyl (C=O) groups excluding carboxylic acids is 3. The van der Waals surface area contributed by atoms with Crippen molar-refractivity contribution in [2.75, 3.05) is 13.2 Å². The van der Waals surface area contributed by atoms with E-state index in [0.29, 0.717) is 12.8 Å². The Morgan fingerprint density at radius 2 is 0.548 bits per heavy atom. The van der Waals surface area contributed by atoms with E-state index in [1.807, 2.05) is 0 Å². The van der Waals surface area contributed by atoms with Crippen LogP contribution in [0.15, 0.2) is 146 Å². The van der Waals surface area contributed by atoms with E-state index in [-0.39, 0.29) is 44.0 Å². The third-order valence-electron chi connectivity index (χ3n) is 11.8. The lowest BCUT2D eigenvalue weighted by Crippen LogP contribution is -2.30. The zero-order valence-electron chi connectivity index (χ0n) is 46.8. The molecule has 0 N–H and O–H groups in total. The minimum Gasteiger partial charge on any atom is -0.462 e. The molecule has 6 nitrogen and oxygen atoms in total. The molecule has 0 aromatic rings. The fourth-order valence-electron chi connectivity index (χ4n) is 7.52. The normalized spacial score (nSPS) is 13.2. The largest absolute Gasteiger partial charge is 0.462 e. The molecule has 73 heavy (non-hydrogen) atoms. The van der Waals surface area contributed by atoms with Gasteiger partial charge in [0.15, 0.2) is 6.10 Å². The Hall–Kier alpha value is -4.71. The molecule has 1 unspecified atom stereocenters. The number of ether oxygens (including phenoxy) is 3. The third kappa shape index (κ3) is 58.1. The lowest BCUT2D eigenvalue weighted by Gasteiger charge is -2.18. The number of unbranched alkanes of at least 4 members (excludes halogenated alkanes) is 16. The molecule has 6 heteroatoms. The van der Waals surface area contributed by atoms with Crippen LogP contribution < -0.4 is 0 Å². The Kier molecular flexibility index (Phi) is 56.0. The van der Waals surface area contributed by atoms with Crippen LogP contribution in [0.5, 0.6) is 0 Å². The molecule has 0 radical (unpaired) electrons. The molecule has 0 aromatic heterocycles. The highest BCUT2D eigenvalue weighted by atomic mass is 16.6. The molecule has 0 fully saturated rings. The van der Waals surface area contributed by atoms with Crippen molar-refractivity contribution in [2.45, 2.75) is 245 Å². The van der Waals surface area contributed by atoms with Crippen LogP contribution in [0.2, 0.25) is 0 Å². The van der Waals surface area contributed by atoms with E-state index in [2.05, 4.69) is 167 Å². The van der Waals surface area contributed by atoms with Gasteiger partial charge in [-0.05, 0) is 116 Å². The first-order valence-corrected chi connectivity index (χ1v) is 29.3. The summed E-state index contributed by atoms with van der Waals surface area (Å²) >= 11 is 0. The molecule has 0 saturated carbocycles. The number of hydrogen-bond donors (Lipinski definition) is 0. The Labute approximate surface area is 448 Å². The molecule has 0 aliphatic heterocycles. The van der Waals surface area contributed by atoms with Gasteiger partial charge >= 0.3 is 17.9 Å². The van der Waals surface area contributed by atoms with Gasteiger partial charge in [-0.1, -0.05) is 250 Å². The predicted molar refractivity (Wildman–Crippen MR) is 315 cm³/mol. The molecule has 0 aliphatic rings. The van der Waals surface area contributed by atoms with E-state index in [1.54, 1.807) is 0 Å². The van der Waals surface area contributed by atoms with Crippen LogP contribution >= 0.6 is 0 Å². The highest BCUT2D eigenvalue weighted by Crippen LogP contribution is 2.14. The van der Waals surface area contributed by atoms with Gasteiger partial charge < -0.3 is 14.2 Å². The summed E-state index contributed by atoms with van der Waals surface area (Å²) in [6.07, 6.45) is 85.6. The van der Waals surface area contributed by atoms with Crippen molar-refractivity contribution in [3.63, 3.8) is 0 Å². The Balaban J connectivity index is 4.50. The summed E-state index contributed by atoms with van der Waals surface area (Å²) in [6.45, 7) is 6.33. The topological polar surface area (TPSA) is 78.9 Å². The van der Waals surface area contributed by atoms with Crippen LogP contribution in [0.3, 0.4) is 0 Å². The lowest BCUT2D eigenvalue weighted by atomic mass is 10.1. The molecular formula is C67H106O6. The maximum atomic E-state index is 12.9. The summed E-state index contributed by atoms with van der Waals surface area (Å²) in [5.74, 6) is -0.995. The summed E-state index contributed by atoms with van der Waals surface area (Å²) in [5.41, 5.74) is 0. The Morgan fingerprint density at radius 1 is 0.288 bits per heavy atom. The number of esters is 3. The van der Waals surface area contributed by atoms with Gasteiger partial charge in [0.1, 0.15) is 13.2 Å². The van der Waals surface area contributed by atoms with Crippen LogP contribution in [-0.2, 0) is 28.6 Å². The second kappa shape index (κ2) is 59.8. The van der Waals surface area contributed by atoms with Gasteiger partial charge in [0.25, 0.3) is 0 Å². The van der Waals surface area contributed by atoms with Crippen LogP contribution in [0.1, 0.15) is 239 Å². The van der Waals surface area contributed by atoms with Crippen molar-refractivity contribution in [1.82, 2.24) is 0 Å². The molecule has 1 atom stereocenters. The zero-order chi connectivity index (χ0) is 52.9. The Bertz CT molecular complexity index is 1630. The maximum absolute atomic E-state index is 12.9. The van der Waals surface area contributed by atoms with E-state index >= 15 is 0 Å². The van der Waals surface area contributed by atoms with E-state index in [9.17, 15) is 14.4 Å². The van der Waals surface area contributed by atoms with Crippen molar-refractivity contribution in [3.05, 3.63) is 146 Å². The van der Waals surface area contributed by atoms with Crippen LogP contribution in [0.25, 0.3) is 0 Å². The number of carbonyl (C=O) groups is 3. The smallest absolute Gasteiger partial charge is 0.306 e. The minimum atomic E-state index is -0.817. The van der Waals surface area contributed by atoms with Gasteiger partial charge in [0.2, 0.25) is 0 Å². The fourth-order valence-corrected chi connectivity index (χ4v) is 7.52. The lowest BCUT2D eigenvalue weighted by molar-refractivity contribution is -0.167. The van der Waals surface area contributed by atoms with E-state index in [0.717, 1.165) is 141 Å². The SMILES string of the molecule is CC/C=C\C/C=C\C/C=C\C/C=C\C/C=C\C/C=C\C/C=C\CCCC(=O)OCC(COC(=O)CCCCCCCCCCCCC)OC(=O)CCCCCCC/C=C\C/C=C\C/C=C\C/C=C\C/C=C\CC. The molecule has 0 saturated heterocycles. The standard InChI is InChI=1S/C67H106O6/c1-4-7-10-13-16-19-22-24-26-28-30-32-33-35-36-38-40-42-45-48-51-54-57-60-66(69)72-63-64(62-71-65(68)59-56-53-50-47-44-21-18-15-12-9-6-3)73-67(70)61-58-55-52-49-46-43-41-39-37-34-31-29-27-25-23-20-17-14-11-8-5-2/h7-8,10-11,16-17,19-20,24-27,30-32,34-36,39-42,48,51,64H,4-6,9,12-15,18,21-23,28-29,33,37-38,43-47,49-50,52-63H2,1-3H3/b10-7-,11-8-,19-16-,20-17-,26-24-,27-25-,32-30-,34-31-,36-35-,41-39-,42-40-,51-48-. The molecule has 410 valence electrons.